The molecule has 4 aromatic carbocycles. The van der Waals surface area contributed by atoms with Crippen LogP contribution in [0.5, 0.6) is 0 Å². The van der Waals surface area contributed by atoms with Gasteiger partial charge >= 0.3 is 29.6 Å². The SMILES string of the molecule is Cc1cc(C)c(Nc2ccc(C(=C3C=CC(=[NH+]c4c(C)cc(C)c(C)c4C)C(C(C)C)=C3)c3ccc(C(=O)[O-])cc3S(=O)(=O)[O-])cc2C(C)C)c(C)c1C.[Na+]. The van der Waals surface area contributed by atoms with Gasteiger partial charge in [0.25, 0.3) is 0 Å². The number of allylic oxidation sites excluding steroid dienone is 5. The van der Waals surface area contributed by atoms with Crippen LogP contribution in [0.2, 0.25) is 0 Å². The summed E-state index contributed by atoms with van der Waals surface area (Å²) in [5.41, 5.74) is 16.9. The number of carbonyl (C=O) groups is 1. The predicted molar refractivity (Wildman–Crippen MR) is 217 cm³/mol. The number of carboxylic acid groups (broad SMARTS) is 1. The van der Waals surface area contributed by atoms with E-state index in [9.17, 15) is 22.9 Å². The van der Waals surface area contributed by atoms with Crippen LogP contribution in [0, 0.1) is 61.3 Å². The van der Waals surface area contributed by atoms with E-state index >= 15 is 0 Å². The molecule has 5 rings (SSSR count). The summed E-state index contributed by atoms with van der Waals surface area (Å²) in [5.74, 6) is -1.45. The molecular formula is C46H51N2NaO5S. The Kier molecular flexibility index (Phi) is 13.5. The average Bonchev–Trinajstić information content (AvgIpc) is 3.10. The molecule has 55 heavy (non-hydrogen) atoms. The Bertz CT molecular complexity index is 2450. The maximum absolute atomic E-state index is 12.9. The Morgan fingerprint density at radius 2 is 1.31 bits per heavy atom. The molecule has 1 aliphatic carbocycles. The second-order valence-electron chi connectivity index (χ2n) is 15.3. The van der Waals surface area contributed by atoms with Gasteiger partial charge in [0.05, 0.1) is 10.9 Å². The zero-order valence-corrected chi connectivity index (χ0v) is 37.3. The maximum atomic E-state index is 12.9. The molecule has 0 amide bonds. The fourth-order valence-corrected chi connectivity index (χ4v) is 8.09. The first kappa shape index (κ1) is 43.7. The smallest absolute Gasteiger partial charge is 0.744 e. The van der Waals surface area contributed by atoms with Crippen molar-refractivity contribution >= 4 is 44.4 Å². The maximum Gasteiger partial charge on any atom is 1.00 e. The Morgan fingerprint density at radius 3 is 1.89 bits per heavy atom. The fraction of sp³-hybridized carbons (Fsp3) is 0.304. The van der Waals surface area contributed by atoms with E-state index in [0.717, 1.165) is 62.2 Å². The third-order valence-electron chi connectivity index (χ3n) is 10.9. The first-order valence-corrected chi connectivity index (χ1v) is 19.8. The van der Waals surface area contributed by atoms with Crippen LogP contribution in [-0.2, 0) is 10.1 Å². The molecule has 0 aromatic heterocycles. The molecule has 0 saturated carbocycles. The van der Waals surface area contributed by atoms with E-state index in [0.29, 0.717) is 16.7 Å². The van der Waals surface area contributed by atoms with Gasteiger partial charge in [-0.3, -0.25) is 0 Å². The summed E-state index contributed by atoms with van der Waals surface area (Å²) in [7, 11) is -5.12. The minimum Gasteiger partial charge on any atom is -0.744 e. The molecule has 4 aromatic rings. The van der Waals surface area contributed by atoms with Gasteiger partial charge in [-0.05, 0) is 165 Å². The van der Waals surface area contributed by atoms with E-state index in [1.165, 1.54) is 34.4 Å². The molecule has 0 aliphatic heterocycles. The molecule has 0 bridgehead atoms. The van der Waals surface area contributed by atoms with E-state index in [-0.39, 0.29) is 47.0 Å². The molecule has 0 heterocycles. The van der Waals surface area contributed by atoms with Crippen molar-refractivity contribution in [2.45, 2.75) is 93.9 Å². The van der Waals surface area contributed by atoms with Crippen molar-refractivity contribution in [3.8, 4) is 0 Å². The number of hydrogen-bond acceptors (Lipinski definition) is 6. The van der Waals surface area contributed by atoms with Crippen LogP contribution in [0.15, 0.2) is 82.8 Å². The summed E-state index contributed by atoms with van der Waals surface area (Å²) < 4.78 is 38.7. The Labute approximate surface area is 349 Å². The van der Waals surface area contributed by atoms with Gasteiger partial charge in [-0.15, -0.1) is 0 Å². The van der Waals surface area contributed by atoms with E-state index in [1.54, 1.807) is 0 Å². The second kappa shape index (κ2) is 17.0. The molecule has 0 radical (unpaired) electrons. The summed E-state index contributed by atoms with van der Waals surface area (Å²) in [6.45, 7) is 25.3. The number of carbonyl (C=O) groups excluding carboxylic acids is 1. The molecule has 0 fully saturated rings. The predicted octanol–water partition coefficient (Wildman–Crippen LogP) is 5.10. The Morgan fingerprint density at radius 1 is 0.709 bits per heavy atom. The van der Waals surface area contributed by atoms with E-state index in [1.807, 2.05) is 36.4 Å². The number of carboxylic acids is 1. The van der Waals surface area contributed by atoms with Crippen LogP contribution in [0.1, 0.15) is 105 Å². The second-order valence-corrected chi connectivity index (χ2v) is 16.6. The largest absolute Gasteiger partial charge is 1.00 e. The average molecular weight is 767 g/mol. The van der Waals surface area contributed by atoms with E-state index < -0.39 is 26.5 Å². The van der Waals surface area contributed by atoms with Crippen molar-refractivity contribution in [2.75, 3.05) is 5.32 Å². The molecular weight excluding hydrogens is 716 g/mol. The number of aromatic carboxylic acids is 1. The molecule has 1 aliphatic rings. The molecule has 2 N–H and O–H groups in total. The molecule has 0 spiro atoms. The summed E-state index contributed by atoms with van der Waals surface area (Å²) >= 11 is 0. The molecule has 282 valence electrons. The number of benzene rings is 4. The number of anilines is 2. The number of aryl methyl sites for hydroxylation is 4. The first-order chi connectivity index (χ1) is 25.2. The van der Waals surface area contributed by atoms with Gasteiger partial charge < -0.3 is 19.8 Å². The summed E-state index contributed by atoms with van der Waals surface area (Å²) in [6.07, 6.45) is 5.95. The summed E-state index contributed by atoms with van der Waals surface area (Å²) in [4.78, 5) is 14.9. The quantitative estimate of drug-likeness (QED) is 0.181. The van der Waals surface area contributed by atoms with Crippen molar-refractivity contribution in [3.63, 3.8) is 0 Å². The van der Waals surface area contributed by atoms with Crippen molar-refractivity contribution in [2.24, 2.45) is 5.92 Å². The minimum absolute atomic E-state index is 0. The van der Waals surface area contributed by atoms with Crippen LogP contribution in [0.3, 0.4) is 0 Å². The summed E-state index contributed by atoms with van der Waals surface area (Å²) in [5, 5.41) is 15.6. The number of nitrogens with one attached hydrogen (secondary N) is 2. The van der Waals surface area contributed by atoms with Gasteiger partial charge in [0, 0.05) is 39.7 Å². The standard InChI is InChI=1S/C46H52N2O5S.Na/c1-24(2)38-21-34(14-17-40(38)47-44-28(7)19-26(5)30(9)32(44)11)43(37-16-13-36(46(49)50)23-42(37)54(51,52)53)35-15-18-41(39(22-35)25(3)4)48-45-29(8)20-27(6)31(10)33(45)12;/h13-25,47H,1-12H3,(H,49,50)(H,51,52,53);/q;+1/p-1. The van der Waals surface area contributed by atoms with Crippen molar-refractivity contribution in [1.82, 2.24) is 0 Å². The zero-order valence-electron chi connectivity index (χ0n) is 34.5. The molecule has 9 heteroatoms. The number of hydrogen-bond donors (Lipinski definition) is 2. The van der Waals surface area contributed by atoms with Gasteiger partial charge in [-0.1, -0.05) is 52.0 Å². The van der Waals surface area contributed by atoms with Gasteiger partial charge in [0.2, 0.25) is 11.4 Å². The van der Waals surface area contributed by atoms with Crippen LogP contribution < -0.4 is 45.0 Å². The Hall–Kier alpha value is -4.05. The van der Waals surface area contributed by atoms with E-state index in [4.69, 9.17) is 0 Å². The topological polar surface area (TPSA) is 123 Å². The fourth-order valence-electron chi connectivity index (χ4n) is 7.38. The van der Waals surface area contributed by atoms with Gasteiger partial charge in [-0.2, -0.15) is 0 Å². The molecule has 0 unspecified atom stereocenters. The van der Waals surface area contributed by atoms with Crippen molar-refractivity contribution < 1.29 is 57.4 Å². The van der Waals surface area contributed by atoms with Gasteiger partial charge in [0.15, 0.2) is 0 Å². The van der Waals surface area contributed by atoms with E-state index in [2.05, 4.69) is 106 Å². The third-order valence-corrected chi connectivity index (χ3v) is 11.8. The van der Waals surface area contributed by atoms with Crippen molar-refractivity contribution in [3.05, 3.63) is 145 Å². The molecule has 0 atom stereocenters. The zero-order chi connectivity index (χ0) is 40.0. The van der Waals surface area contributed by atoms with Gasteiger partial charge in [0.1, 0.15) is 10.1 Å². The van der Waals surface area contributed by atoms with Crippen LogP contribution >= 0.6 is 0 Å². The van der Waals surface area contributed by atoms with Crippen LogP contribution in [-0.4, -0.2) is 24.7 Å². The molecule has 0 saturated heterocycles. The van der Waals surface area contributed by atoms with Crippen LogP contribution in [0.25, 0.3) is 5.57 Å². The normalized spacial score (nSPS) is 14.7. The first-order valence-electron chi connectivity index (χ1n) is 18.4. The van der Waals surface area contributed by atoms with Crippen LogP contribution in [0.4, 0.5) is 17.1 Å². The third kappa shape index (κ3) is 9.00. The van der Waals surface area contributed by atoms with Gasteiger partial charge in [-0.25, -0.2) is 13.4 Å². The number of rotatable bonds is 9. The summed E-state index contributed by atoms with van der Waals surface area (Å²) in [6, 6.07) is 13.9. The molecule has 7 nitrogen and oxygen atoms in total. The minimum atomic E-state index is -5.12. The Balaban J connectivity index is 0.00000673. The van der Waals surface area contributed by atoms with Crippen molar-refractivity contribution in [1.29, 1.82) is 0 Å². The monoisotopic (exact) mass is 766 g/mol.